The van der Waals surface area contributed by atoms with Gasteiger partial charge in [0.2, 0.25) is 0 Å². The van der Waals surface area contributed by atoms with Crippen LogP contribution in [0.2, 0.25) is 0 Å². The van der Waals surface area contributed by atoms with Gasteiger partial charge in [0.15, 0.2) is 0 Å². The van der Waals surface area contributed by atoms with Crippen molar-refractivity contribution in [3.05, 3.63) is 0 Å². The highest BCUT2D eigenvalue weighted by molar-refractivity contribution is 6.33. The van der Waals surface area contributed by atoms with Gasteiger partial charge in [0, 0.05) is 54.9 Å². The predicted octanol–water partition coefficient (Wildman–Crippen LogP) is -1.98. The maximum atomic E-state index is 9.67. The van der Waals surface area contributed by atoms with Crippen LogP contribution in [0.4, 0.5) is 24.8 Å². The van der Waals surface area contributed by atoms with Crippen LogP contribution in [0.25, 0.3) is 0 Å². The van der Waals surface area contributed by atoms with Crippen molar-refractivity contribution in [3.8, 4) is 24.0 Å². The first-order valence-corrected chi connectivity index (χ1v) is 18.5. The molecular weight excluding hydrogens is 787 g/mol. The van der Waals surface area contributed by atoms with E-state index < -0.39 is 7.54 Å². The number of halogens is 5. The van der Waals surface area contributed by atoms with Crippen LogP contribution in [0.1, 0.15) is 51.4 Å². The van der Waals surface area contributed by atoms with E-state index in [1.807, 2.05) is 21.1 Å². The minimum Gasteiger partial charge on any atom is -1.00 e. The monoisotopic (exact) mass is 850 g/mol. The van der Waals surface area contributed by atoms with Crippen molar-refractivity contribution < 1.29 is 72.7 Å². The summed E-state index contributed by atoms with van der Waals surface area (Å²) in [5.41, 5.74) is 0. The molecule has 57 heavy (non-hydrogen) atoms. The van der Waals surface area contributed by atoms with Crippen LogP contribution in [0.15, 0.2) is 0 Å². The molecule has 2 aromatic rings. The molecule has 2 aromatic heterocycles. The van der Waals surface area contributed by atoms with Gasteiger partial charge in [0.05, 0.1) is 67.8 Å². The summed E-state index contributed by atoms with van der Waals surface area (Å²) < 4.78 is 78.5. The summed E-state index contributed by atoms with van der Waals surface area (Å²) in [6.07, 6.45) is 7.26. The van der Waals surface area contributed by atoms with Crippen molar-refractivity contribution in [2.75, 3.05) is 136 Å². The van der Waals surface area contributed by atoms with Crippen LogP contribution < -0.4 is 45.0 Å². The standard InChI is InChI=1S/C18H33N4O5.C16H31N4O4.BF3.ClH.FH/c1-22(8-14-25-15-9-22)16-19-17(26-12-6-4-10-23-2)21-18(20-16)27-13-7-5-11-24-3;1-20(2,3)14-17-15(23-12-8-6-10-21-4)19-16(18-14)24-13-9-7-11-22-5;2-1(3)4;;/h4-15H2,1-3H3;6-13H2,1-5H3;;2*1H/q2*+1;;;/p-2. The Labute approximate surface area is 341 Å². The van der Waals surface area contributed by atoms with Crippen LogP contribution in [0.5, 0.6) is 24.0 Å². The average molecular weight is 851 g/mol. The summed E-state index contributed by atoms with van der Waals surface area (Å²) in [4.78, 5) is 26.4. The van der Waals surface area contributed by atoms with Crippen LogP contribution in [0, 0.1) is 0 Å². The Balaban J connectivity index is 0. The van der Waals surface area contributed by atoms with E-state index in [0.29, 0.717) is 84.5 Å². The van der Waals surface area contributed by atoms with Gasteiger partial charge in [-0.2, -0.15) is 0 Å². The van der Waals surface area contributed by atoms with Crippen LogP contribution in [0.3, 0.4) is 0 Å². The summed E-state index contributed by atoms with van der Waals surface area (Å²) in [6, 6.07) is 1.24. The maximum Gasteiger partial charge on any atom is 0.762 e. The summed E-state index contributed by atoms with van der Waals surface area (Å²) in [6.45, 7) is 8.02. The van der Waals surface area contributed by atoms with E-state index in [1.54, 1.807) is 28.4 Å². The molecule has 0 spiro atoms. The fraction of sp³-hybridized carbons (Fsp3) is 0.824. The third-order valence-corrected chi connectivity index (χ3v) is 7.60. The lowest BCUT2D eigenvalue weighted by Gasteiger charge is -2.34. The first-order valence-electron chi connectivity index (χ1n) is 18.5. The Hall–Kier alpha value is -2.99. The Morgan fingerprint density at radius 2 is 0.825 bits per heavy atom. The highest BCUT2D eigenvalue weighted by Crippen LogP contribution is 2.23. The molecule has 1 aliphatic rings. The predicted molar refractivity (Wildman–Crippen MR) is 203 cm³/mol. The normalized spacial score (nSPS) is 13.0. The minimum absolute atomic E-state index is 0. The van der Waals surface area contributed by atoms with Crippen LogP contribution in [-0.2, 0) is 23.7 Å². The molecule has 3 heterocycles. The highest BCUT2D eigenvalue weighted by Gasteiger charge is 2.33. The van der Waals surface area contributed by atoms with E-state index in [2.05, 4.69) is 37.0 Å². The number of ether oxygens (including phenoxy) is 9. The Morgan fingerprint density at radius 3 is 1.11 bits per heavy atom. The molecule has 0 radical (unpaired) electrons. The zero-order chi connectivity index (χ0) is 40.8. The van der Waals surface area contributed by atoms with E-state index in [-0.39, 0.29) is 17.1 Å². The molecule has 3 rings (SSSR count). The van der Waals surface area contributed by atoms with Gasteiger partial charge in [0.1, 0.15) is 13.1 Å². The van der Waals surface area contributed by atoms with Gasteiger partial charge in [-0.25, -0.2) is 0 Å². The number of rotatable bonds is 26. The van der Waals surface area contributed by atoms with Crippen LogP contribution >= 0.6 is 0 Å². The maximum absolute atomic E-state index is 9.67. The number of likely N-dealkylation sites (N-methyl/N-ethyl adjacent to an activating group) is 1. The van der Waals surface area contributed by atoms with Gasteiger partial charge in [-0.05, 0) is 51.4 Å². The lowest BCUT2D eigenvalue weighted by Crippen LogP contribution is -3.00. The molecule has 0 atom stereocenters. The summed E-state index contributed by atoms with van der Waals surface area (Å²) in [5, 5.41) is 0. The molecule has 0 unspecified atom stereocenters. The zero-order valence-corrected chi connectivity index (χ0v) is 35.6. The van der Waals surface area contributed by atoms with E-state index in [0.717, 1.165) is 90.9 Å². The summed E-state index contributed by atoms with van der Waals surface area (Å²) in [7, 11) is 11.2. The van der Waals surface area contributed by atoms with Crippen LogP contribution in [-0.4, -0.2) is 173 Å². The topological polar surface area (TPSA) is 160 Å². The number of methoxy groups -OCH3 is 4. The third kappa shape index (κ3) is 27.4. The molecule has 0 bridgehead atoms. The van der Waals surface area contributed by atoms with Crippen molar-refractivity contribution in [3.63, 3.8) is 0 Å². The third-order valence-electron chi connectivity index (χ3n) is 7.60. The quantitative estimate of drug-likeness (QED) is 0.0443. The van der Waals surface area contributed by atoms with Crippen molar-refractivity contribution in [2.45, 2.75) is 51.4 Å². The Kier molecular flexibility index (Phi) is 33.4. The first-order chi connectivity index (χ1) is 26.4. The van der Waals surface area contributed by atoms with Gasteiger partial charge in [-0.3, -0.25) is 21.9 Å². The number of quaternary nitrogens is 2. The van der Waals surface area contributed by atoms with Gasteiger partial charge in [0.25, 0.3) is 0 Å². The smallest absolute Gasteiger partial charge is 0.762 e. The number of morpholine rings is 1. The van der Waals surface area contributed by atoms with Gasteiger partial charge < -0.3 is 59.7 Å². The van der Waals surface area contributed by atoms with E-state index in [4.69, 9.17) is 42.6 Å². The average Bonchev–Trinajstić information content (AvgIpc) is 3.14. The van der Waals surface area contributed by atoms with Crippen molar-refractivity contribution in [1.29, 1.82) is 0 Å². The fourth-order valence-corrected chi connectivity index (χ4v) is 4.45. The summed E-state index contributed by atoms with van der Waals surface area (Å²) in [5.74, 6) is 1.26. The van der Waals surface area contributed by atoms with E-state index in [1.165, 1.54) is 0 Å². The number of nitrogens with zero attached hydrogens (tertiary/aromatic N) is 8. The lowest BCUT2D eigenvalue weighted by molar-refractivity contribution is -0.001000. The molecule has 332 valence electrons. The second kappa shape index (κ2) is 33.9. The number of hydrogen-bond acceptors (Lipinski definition) is 15. The fourth-order valence-electron chi connectivity index (χ4n) is 4.45. The van der Waals surface area contributed by atoms with E-state index >= 15 is 0 Å². The Bertz CT molecular complexity index is 1200. The zero-order valence-electron chi connectivity index (χ0n) is 34.9. The lowest BCUT2D eigenvalue weighted by atomic mass is 10.3. The molecule has 0 amide bonds. The largest absolute Gasteiger partial charge is 1.00 e. The number of unbranched alkanes of at least 4 members (excludes halogenated alkanes) is 4. The van der Waals surface area contributed by atoms with Crippen molar-refractivity contribution in [1.82, 2.24) is 38.9 Å². The van der Waals surface area contributed by atoms with Gasteiger partial charge in [-0.15, -0.1) is 29.9 Å². The Morgan fingerprint density at radius 1 is 0.544 bits per heavy atom. The molecule has 23 heteroatoms. The highest BCUT2D eigenvalue weighted by atomic mass is 35.5. The molecule has 1 aliphatic heterocycles. The van der Waals surface area contributed by atoms with E-state index in [9.17, 15) is 12.9 Å². The van der Waals surface area contributed by atoms with Crippen molar-refractivity contribution in [2.24, 2.45) is 0 Å². The summed E-state index contributed by atoms with van der Waals surface area (Å²) >= 11 is 0. The minimum atomic E-state index is -3.67. The molecule has 1 saturated heterocycles. The molecule has 0 saturated carbocycles. The van der Waals surface area contributed by atoms with Gasteiger partial charge in [-0.1, -0.05) is 0 Å². The molecular formula is C34H64BClF4N8O9. The molecule has 0 aromatic carbocycles. The molecule has 17 nitrogen and oxygen atoms in total. The SMILES string of the molecule is COCCCCOc1nc(OCCCCOC)nc([N+](C)(C)C)n1.COCCCCOc1nc(OCCCCOC)nc([N+]2(C)CCOCC2)n1.FB(F)F.[Cl-].[F-]. The molecule has 0 aliphatic carbocycles. The number of hydrogen-bond donors (Lipinski definition) is 0. The number of aromatic nitrogens is 6. The molecule has 0 N–H and O–H groups in total. The second-order valence-electron chi connectivity index (χ2n) is 13.3. The second-order valence-corrected chi connectivity index (χ2v) is 13.3. The van der Waals surface area contributed by atoms with Crippen molar-refractivity contribution >= 4 is 19.4 Å². The van der Waals surface area contributed by atoms with Gasteiger partial charge >= 0.3 is 43.5 Å². The first kappa shape index (κ1) is 56.1. The molecule has 1 fully saturated rings.